The van der Waals surface area contributed by atoms with Crippen LogP contribution in [0.5, 0.6) is 0 Å². The first-order valence-corrected chi connectivity index (χ1v) is 2.07. The van der Waals surface area contributed by atoms with Crippen molar-refractivity contribution in [3.05, 3.63) is 0 Å². The van der Waals surface area contributed by atoms with E-state index in [1.165, 1.54) is 6.92 Å². The van der Waals surface area contributed by atoms with Gasteiger partial charge in [0.15, 0.2) is 6.54 Å². The molecule has 0 aliphatic heterocycles. The maximum atomic E-state index is 9.72. The minimum Gasteiger partial charge on any atom is -0.431 e. The Labute approximate surface area is 45.9 Å². The van der Waals surface area contributed by atoms with E-state index in [9.17, 15) is 4.79 Å². The Morgan fingerprint density at radius 2 is 2.00 bits per heavy atom. The zero-order valence-electron chi connectivity index (χ0n) is 4.40. The van der Waals surface area contributed by atoms with Gasteiger partial charge in [-0.15, -0.1) is 0 Å². The van der Waals surface area contributed by atoms with Crippen molar-refractivity contribution >= 4 is 6.09 Å². The normalized spacial score (nSPS) is 11.4. The van der Waals surface area contributed by atoms with Gasteiger partial charge in [0.25, 0.3) is 0 Å². The lowest BCUT2D eigenvalue weighted by atomic mass is 10.7. The number of quaternary nitrogens is 1. The van der Waals surface area contributed by atoms with E-state index in [2.05, 4.69) is 0 Å². The van der Waals surface area contributed by atoms with Gasteiger partial charge in [0.05, 0.1) is 4.81 Å². The molecule has 0 radical (unpaired) electrons. The SMILES string of the molecule is CC[N+](O)(O)C(=O)O. The summed E-state index contributed by atoms with van der Waals surface area (Å²) in [5, 5.41) is 24.5. The fourth-order valence-electron chi connectivity index (χ4n) is 0.135. The number of carbonyl (C=O) groups is 1. The number of rotatable bonds is 1. The lowest BCUT2D eigenvalue weighted by Gasteiger charge is -2.10. The smallest absolute Gasteiger partial charge is 0.431 e. The van der Waals surface area contributed by atoms with Gasteiger partial charge < -0.3 is 5.11 Å². The van der Waals surface area contributed by atoms with Gasteiger partial charge in [-0.3, -0.25) is 0 Å². The summed E-state index contributed by atoms with van der Waals surface area (Å²) in [4.78, 5) is 7.77. The summed E-state index contributed by atoms with van der Waals surface area (Å²) in [6.45, 7) is 1.07. The Hall–Kier alpha value is -0.650. The molecule has 0 atom stereocenters. The standard InChI is InChI=1S/C3H7NO4/c1-2-4(7,8)3(5)6/h7-8H,2H2,1H3/p+1. The average Bonchev–Trinajstić information content (AvgIpc) is 1.67. The molecule has 0 unspecified atom stereocenters. The van der Waals surface area contributed by atoms with Crippen LogP contribution in [-0.2, 0) is 0 Å². The molecule has 0 bridgehead atoms. The third kappa shape index (κ3) is 1.45. The topological polar surface area (TPSA) is 77.8 Å². The van der Waals surface area contributed by atoms with Crippen molar-refractivity contribution in [1.29, 1.82) is 0 Å². The molecule has 0 saturated carbocycles. The molecule has 8 heavy (non-hydrogen) atoms. The molecule has 0 aliphatic carbocycles. The van der Waals surface area contributed by atoms with E-state index in [0.717, 1.165) is 0 Å². The number of hydrogen-bond donors (Lipinski definition) is 3. The molecule has 48 valence electrons. The van der Waals surface area contributed by atoms with E-state index >= 15 is 0 Å². The predicted molar refractivity (Wildman–Crippen MR) is 22.4 cm³/mol. The van der Waals surface area contributed by atoms with Crippen molar-refractivity contribution in [3.63, 3.8) is 0 Å². The largest absolute Gasteiger partial charge is 0.582 e. The molecule has 5 heteroatoms. The lowest BCUT2D eigenvalue weighted by Crippen LogP contribution is -2.45. The molecule has 0 aliphatic rings. The van der Waals surface area contributed by atoms with E-state index < -0.39 is 10.9 Å². The van der Waals surface area contributed by atoms with Crippen LogP contribution in [0.25, 0.3) is 0 Å². The Balaban J connectivity index is 3.91. The number of hydrogen-bond acceptors (Lipinski definition) is 3. The Morgan fingerprint density at radius 3 is 2.00 bits per heavy atom. The van der Waals surface area contributed by atoms with Crippen molar-refractivity contribution in [2.24, 2.45) is 0 Å². The van der Waals surface area contributed by atoms with Crippen LogP contribution in [0.15, 0.2) is 0 Å². The monoisotopic (exact) mass is 122 g/mol. The molecule has 0 spiro atoms. The summed E-state index contributed by atoms with van der Waals surface area (Å²) in [6.07, 6.45) is -1.67. The number of nitrogens with zero attached hydrogens (tertiary/aromatic N) is 1. The maximum absolute atomic E-state index is 9.72. The summed E-state index contributed by atoms with van der Waals surface area (Å²) in [6, 6.07) is 0. The van der Waals surface area contributed by atoms with Gasteiger partial charge in [-0.25, -0.2) is 0 Å². The van der Waals surface area contributed by atoms with Crippen molar-refractivity contribution in [2.45, 2.75) is 6.92 Å². The molecule has 0 aromatic heterocycles. The van der Waals surface area contributed by atoms with Gasteiger partial charge in [-0.1, -0.05) is 0 Å². The predicted octanol–water partition coefficient (Wildman–Crippen LogP) is 0.279. The zero-order valence-corrected chi connectivity index (χ0v) is 4.40. The zero-order chi connectivity index (χ0) is 6.78. The van der Waals surface area contributed by atoms with E-state index in [1.807, 2.05) is 0 Å². The highest BCUT2D eigenvalue weighted by Crippen LogP contribution is 1.92. The van der Waals surface area contributed by atoms with Gasteiger partial charge >= 0.3 is 6.09 Å². The second-order valence-corrected chi connectivity index (χ2v) is 1.33. The Morgan fingerprint density at radius 1 is 1.62 bits per heavy atom. The third-order valence-electron chi connectivity index (χ3n) is 0.747. The van der Waals surface area contributed by atoms with Gasteiger partial charge in [-0.05, 0) is 6.92 Å². The average molecular weight is 122 g/mol. The Bertz CT molecular complexity index is 99.5. The van der Waals surface area contributed by atoms with Crippen LogP contribution in [-0.4, -0.2) is 33.0 Å². The molecule has 0 aromatic rings. The second kappa shape index (κ2) is 2.08. The summed E-state index contributed by atoms with van der Waals surface area (Å²) >= 11 is 0. The van der Waals surface area contributed by atoms with Gasteiger partial charge in [0.2, 0.25) is 0 Å². The van der Waals surface area contributed by atoms with Crippen LogP contribution in [0, 0.1) is 0 Å². The van der Waals surface area contributed by atoms with Crippen molar-refractivity contribution in [2.75, 3.05) is 6.54 Å². The molecule has 0 aromatic carbocycles. The minimum atomic E-state index is -1.96. The first kappa shape index (κ1) is 7.35. The quantitative estimate of drug-likeness (QED) is 0.265. The molecular formula is C3H8NO4+. The second-order valence-electron chi connectivity index (χ2n) is 1.33. The first-order chi connectivity index (χ1) is 3.50. The summed E-state index contributed by atoms with van der Waals surface area (Å²) < 4.78 is 0. The molecule has 0 heterocycles. The van der Waals surface area contributed by atoms with E-state index in [-0.39, 0.29) is 6.54 Å². The van der Waals surface area contributed by atoms with Crippen LogP contribution >= 0.6 is 0 Å². The summed E-state index contributed by atoms with van der Waals surface area (Å²) in [5.41, 5.74) is 0. The van der Waals surface area contributed by atoms with Gasteiger partial charge in [0, 0.05) is 0 Å². The van der Waals surface area contributed by atoms with Gasteiger partial charge in [-0.2, -0.15) is 15.2 Å². The minimum absolute atomic E-state index is 0.269. The molecule has 0 saturated heterocycles. The van der Waals surface area contributed by atoms with E-state index in [0.29, 0.717) is 0 Å². The first-order valence-electron chi connectivity index (χ1n) is 2.07. The number of carboxylic acid groups (broad SMARTS) is 1. The van der Waals surface area contributed by atoms with Crippen LogP contribution in [0.2, 0.25) is 0 Å². The lowest BCUT2D eigenvalue weighted by molar-refractivity contribution is -1.19. The van der Waals surface area contributed by atoms with Crippen LogP contribution < -0.4 is 0 Å². The van der Waals surface area contributed by atoms with E-state index in [1.54, 1.807) is 0 Å². The summed E-state index contributed by atoms with van der Waals surface area (Å²) in [5.74, 6) is 0. The third-order valence-corrected chi connectivity index (χ3v) is 0.747. The maximum Gasteiger partial charge on any atom is 0.582 e. The number of hydroxylamine groups is 4. The molecular weight excluding hydrogens is 114 g/mol. The number of amides is 1. The van der Waals surface area contributed by atoms with Crippen LogP contribution in [0.4, 0.5) is 4.79 Å². The fraction of sp³-hybridized carbons (Fsp3) is 0.667. The Kier molecular flexibility index (Phi) is 1.91. The molecule has 0 fully saturated rings. The highest BCUT2D eigenvalue weighted by Gasteiger charge is 2.31. The molecule has 5 nitrogen and oxygen atoms in total. The van der Waals surface area contributed by atoms with Crippen molar-refractivity contribution in [1.82, 2.24) is 0 Å². The highest BCUT2D eigenvalue weighted by molar-refractivity contribution is 5.54. The molecule has 0 rings (SSSR count). The van der Waals surface area contributed by atoms with Crippen molar-refractivity contribution in [3.8, 4) is 0 Å². The van der Waals surface area contributed by atoms with Crippen molar-refractivity contribution < 1.29 is 25.1 Å². The van der Waals surface area contributed by atoms with Gasteiger partial charge in [0.1, 0.15) is 0 Å². The van der Waals surface area contributed by atoms with E-state index in [4.69, 9.17) is 15.5 Å². The highest BCUT2D eigenvalue weighted by atomic mass is 16.9. The summed E-state index contributed by atoms with van der Waals surface area (Å²) in [7, 11) is 0. The fourth-order valence-corrected chi connectivity index (χ4v) is 0.135. The van der Waals surface area contributed by atoms with Crippen LogP contribution in [0.3, 0.4) is 0 Å². The molecule has 1 amide bonds. The van der Waals surface area contributed by atoms with Crippen LogP contribution in [0.1, 0.15) is 6.92 Å². The molecule has 3 N–H and O–H groups in total.